The molecule has 0 bridgehead atoms. The molecule has 2 rings (SSSR count). The third-order valence-electron chi connectivity index (χ3n) is 4.35. The third kappa shape index (κ3) is 3.78. The lowest BCUT2D eigenvalue weighted by molar-refractivity contribution is 0.0309. The summed E-state index contributed by atoms with van der Waals surface area (Å²) >= 11 is 0. The van der Waals surface area contributed by atoms with E-state index in [0.29, 0.717) is 36.9 Å². The van der Waals surface area contributed by atoms with Gasteiger partial charge in [0.2, 0.25) is 0 Å². The van der Waals surface area contributed by atoms with Crippen LogP contribution in [-0.2, 0) is 0 Å². The van der Waals surface area contributed by atoms with Crippen molar-refractivity contribution in [3.8, 4) is 0 Å². The van der Waals surface area contributed by atoms with Gasteiger partial charge in [0.15, 0.2) is 0 Å². The highest BCUT2D eigenvalue weighted by molar-refractivity contribution is 5.96. The molecule has 122 valence electrons. The number of hydrogen-bond acceptors (Lipinski definition) is 4. The summed E-state index contributed by atoms with van der Waals surface area (Å²) < 4.78 is 0. The van der Waals surface area contributed by atoms with Crippen LogP contribution in [0.15, 0.2) is 18.2 Å². The van der Waals surface area contributed by atoms with Crippen molar-refractivity contribution in [2.75, 3.05) is 31.9 Å². The summed E-state index contributed by atoms with van der Waals surface area (Å²) in [6.07, 6.45) is 0.624. The molecule has 22 heavy (non-hydrogen) atoms. The molecule has 1 aromatic rings. The lowest BCUT2D eigenvalue weighted by Gasteiger charge is -2.41. The van der Waals surface area contributed by atoms with Crippen LogP contribution in [0.3, 0.4) is 0 Å². The van der Waals surface area contributed by atoms with Crippen LogP contribution in [0.4, 0.5) is 5.69 Å². The predicted molar refractivity (Wildman–Crippen MR) is 88.8 cm³/mol. The molecule has 0 radical (unpaired) electrons. The minimum Gasteiger partial charge on any atom is -0.399 e. The van der Waals surface area contributed by atoms with Crippen LogP contribution in [0.1, 0.15) is 36.2 Å². The smallest absolute Gasteiger partial charge is 0.254 e. The Morgan fingerprint density at radius 3 is 2.82 bits per heavy atom. The van der Waals surface area contributed by atoms with Crippen LogP contribution in [0.2, 0.25) is 0 Å². The Hall–Kier alpha value is -1.59. The van der Waals surface area contributed by atoms with Crippen LogP contribution in [0, 0.1) is 6.92 Å². The van der Waals surface area contributed by atoms with E-state index in [1.54, 1.807) is 13.0 Å². The van der Waals surface area contributed by atoms with Gasteiger partial charge in [-0.2, -0.15) is 0 Å². The minimum absolute atomic E-state index is 0.0555. The van der Waals surface area contributed by atoms with Gasteiger partial charge in [-0.15, -0.1) is 0 Å². The second-order valence-electron chi connectivity index (χ2n) is 6.23. The summed E-state index contributed by atoms with van der Waals surface area (Å²) in [4.78, 5) is 17.0. The molecule has 0 aromatic heterocycles. The van der Waals surface area contributed by atoms with Crippen LogP contribution in [-0.4, -0.2) is 59.1 Å². The van der Waals surface area contributed by atoms with Crippen LogP contribution in [0.25, 0.3) is 0 Å². The topological polar surface area (TPSA) is 69.8 Å². The maximum Gasteiger partial charge on any atom is 0.254 e. The molecule has 2 atom stereocenters. The second kappa shape index (κ2) is 7.11. The molecule has 0 aliphatic carbocycles. The highest BCUT2D eigenvalue weighted by atomic mass is 16.3. The zero-order chi connectivity index (χ0) is 16.3. The van der Waals surface area contributed by atoms with Crippen molar-refractivity contribution < 1.29 is 9.90 Å². The Morgan fingerprint density at radius 2 is 2.18 bits per heavy atom. The number of anilines is 1. The number of carbonyl (C=O) groups excluding carboxylic acids is 1. The largest absolute Gasteiger partial charge is 0.399 e. The van der Waals surface area contributed by atoms with Crippen LogP contribution >= 0.6 is 0 Å². The number of aliphatic hydroxyl groups is 1. The average molecular weight is 305 g/mol. The summed E-state index contributed by atoms with van der Waals surface area (Å²) in [5, 5.41) is 9.60. The summed E-state index contributed by atoms with van der Waals surface area (Å²) in [5.74, 6) is 0.0555. The van der Waals surface area contributed by atoms with Crippen molar-refractivity contribution in [2.24, 2.45) is 0 Å². The molecule has 1 aliphatic rings. The minimum atomic E-state index is -0.340. The van der Waals surface area contributed by atoms with Gasteiger partial charge in [-0.25, -0.2) is 0 Å². The van der Waals surface area contributed by atoms with E-state index < -0.39 is 0 Å². The van der Waals surface area contributed by atoms with Gasteiger partial charge in [0.25, 0.3) is 5.91 Å². The van der Waals surface area contributed by atoms with Gasteiger partial charge >= 0.3 is 0 Å². The molecule has 1 fully saturated rings. The number of amides is 1. The van der Waals surface area contributed by atoms with E-state index in [2.05, 4.69) is 11.8 Å². The summed E-state index contributed by atoms with van der Waals surface area (Å²) in [6.45, 7) is 8.73. The molecule has 1 heterocycles. The maximum atomic E-state index is 12.8. The Balaban J connectivity index is 2.10. The number of aliphatic hydroxyl groups excluding tert-OH is 1. The standard InChI is InChI=1S/C17H27N3O2/c1-4-15-11-20(8-7-19(15)10-13(3)21)17(22)16-9-14(18)6-5-12(16)2/h5-6,9,13,15,21H,4,7-8,10-11,18H2,1-3H3. The molecule has 1 aromatic carbocycles. The Bertz CT molecular complexity index is 531. The predicted octanol–water partition coefficient (Wildman–Crippen LogP) is 1.49. The molecule has 3 N–H and O–H groups in total. The highest BCUT2D eigenvalue weighted by Crippen LogP contribution is 2.19. The van der Waals surface area contributed by atoms with E-state index in [-0.39, 0.29) is 12.0 Å². The first-order chi connectivity index (χ1) is 10.4. The first kappa shape index (κ1) is 16.8. The van der Waals surface area contributed by atoms with Crippen molar-refractivity contribution >= 4 is 11.6 Å². The van der Waals surface area contributed by atoms with Gasteiger partial charge in [0.1, 0.15) is 0 Å². The number of rotatable bonds is 4. The number of nitrogens with two attached hydrogens (primary N) is 1. The number of aryl methyl sites for hydroxylation is 1. The Labute approximate surface area is 132 Å². The number of benzene rings is 1. The van der Waals surface area contributed by atoms with Gasteiger partial charge < -0.3 is 15.7 Å². The van der Waals surface area contributed by atoms with Crippen molar-refractivity contribution in [3.05, 3.63) is 29.3 Å². The molecule has 2 unspecified atom stereocenters. The summed E-state index contributed by atoms with van der Waals surface area (Å²) in [5.41, 5.74) is 8.09. The van der Waals surface area contributed by atoms with E-state index in [1.807, 2.05) is 24.0 Å². The fourth-order valence-electron chi connectivity index (χ4n) is 3.08. The number of piperazine rings is 1. The van der Waals surface area contributed by atoms with Crippen LogP contribution in [0.5, 0.6) is 0 Å². The quantitative estimate of drug-likeness (QED) is 0.827. The van der Waals surface area contributed by atoms with Gasteiger partial charge in [-0.05, 0) is 38.0 Å². The zero-order valence-corrected chi connectivity index (χ0v) is 13.7. The van der Waals surface area contributed by atoms with Crippen molar-refractivity contribution in [1.29, 1.82) is 0 Å². The SMILES string of the molecule is CCC1CN(C(=O)c2cc(N)ccc2C)CCN1CC(C)O. The van der Waals surface area contributed by atoms with Crippen LogP contribution < -0.4 is 5.73 Å². The fraction of sp³-hybridized carbons (Fsp3) is 0.588. The van der Waals surface area contributed by atoms with E-state index in [9.17, 15) is 9.90 Å². The maximum absolute atomic E-state index is 12.8. The van der Waals surface area contributed by atoms with E-state index in [4.69, 9.17) is 5.73 Å². The summed E-state index contributed by atoms with van der Waals surface area (Å²) in [6, 6.07) is 5.78. The number of carbonyl (C=O) groups is 1. The zero-order valence-electron chi connectivity index (χ0n) is 13.7. The van der Waals surface area contributed by atoms with Gasteiger partial charge in [-0.3, -0.25) is 9.69 Å². The molecular weight excluding hydrogens is 278 g/mol. The first-order valence-electron chi connectivity index (χ1n) is 7.99. The number of hydrogen-bond donors (Lipinski definition) is 2. The van der Waals surface area contributed by atoms with Crippen molar-refractivity contribution in [1.82, 2.24) is 9.80 Å². The second-order valence-corrected chi connectivity index (χ2v) is 6.23. The molecule has 1 aliphatic heterocycles. The molecule has 0 saturated carbocycles. The number of β-amino-alcohol motifs (C(OH)–C–C–N with tert-alkyl or cyclic N) is 1. The monoisotopic (exact) mass is 305 g/mol. The van der Waals surface area contributed by atoms with E-state index >= 15 is 0 Å². The van der Waals surface area contributed by atoms with E-state index in [0.717, 1.165) is 18.5 Å². The van der Waals surface area contributed by atoms with Gasteiger partial charge in [-0.1, -0.05) is 13.0 Å². The Kier molecular flexibility index (Phi) is 5.42. The Morgan fingerprint density at radius 1 is 1.45 bits per heavy atom. The normalized spacial score (nSPS) is 20.9. The molecule has 1 saturated heterocycles. The molecule has 5 heteroatoms. The van der Waals surface area contributed by atoms with Gasteiger partial charge in [0, 0.05) is 43.5 Å². The average Bonchev–Trinajstić information content (AvgIpc) is 2.49. The van der Waals surface area contributed by atoms with Crippen molar-refractivity contribution in [2.45, 2.75) is 39.3 Å². The van der Waals surface area contributed by atoms with E-state index in [1.165, 1.54) is 0 Å². The molecule has 1 amide bonds. The number of nitrogen functional groups attached to an aromatic ring is 1. The third-order valence-corrected chi connectivity index (χ3v) is 4.35. The molecule has 5 nitrogen and oxygen atoms in total. The fourth-order valence-corrected chi connectivity index (χ4v) is 3.08. The van der Waals surface area contributed by atoms with Gasteiger partial charge in [0.05, 0.1) is 6.10 Å². The summed E-state index contributed by atoms with van der Waals surface area (Å²) in [7, 11) is 0. The first-order valence-corrected chi connectivity index (χ1v) is 7.99. The molecule has 0 spiro atoms. The lowest BCUT2D eigenvalue weighted by Crippen LogP contribution is -2.55. The van der Waals surface area contributed by atoms with Crippen molar-refractivity contribution in [3.63, 3.8) is 0 Å². The highest BCUT2D eigenvalue weighted by Gasteiger charge is 2.29. The molecular formula is C17H27N3O2. The number of nitrogens with zero attached hydrogens (tertiary/aromatic N) is 2. The lowest BCUT2D eigenvalue weighted by atomic mass is 10.0.